The molecule has 1 aliphatic heterocycles. The quantitative estimate of drug-likeness (QED) is 0.290. The number of likely N-dealkylation sites (N-methyl/N-ethyl adjacent to an activating group) is 1. The number of Topliss-reactive ketones (excluding diaryl/α,β-unsaturated/α-hetero) is 1. The van der Waals surface area contributed by atoms with Crippen LogP contribution in [-0.2, 0) is 9.63 Å². The Hall–Kier alpha value is -1.43. The molecule has 36 heavy (non-hydrogen) atoms. The third-order valence-corrected chi connectivity index (χ3v) is 11.7. The third-order valence-electron chi connectivity index (χ3n) is 11.7. The van der Waals surface area contributed by atoms with E-state index in [1.54, 1.807) is 4.90 Å². The molecule has 5 aliphatic rings. The lowest BCUT2D eigenvalue weighted by atomic mass is 9.44. The minimum Gasteiger partial charge on any atom is -0.312 e. The summed E-state index contributed by atoms with van der Waals surface area (Å²) >= 11 is 0. The van der Waals surface area contributed by atoms with Crippen LogP contribution in [0.15, 0.2) is 5.16 Å². The first kappa shape index (κ1) is 26.2. The van der Waals surface area contributed by atoms with E-state index in [1.165, 1.54) is 32.1 Å². The standard InChI is InChI=1S/C30H49N3O3/c1-19(32-36-27(35)33(6)17-21-16-28(2,3)18-31-21)24-9-10-25-23-8-7-20-15-22(34)11-13-29(20,4)26(23)12-14-30(24,25)5/h20-21,23-26,31H,7-18H2,1-6H3/b32-19+/t20-,21?,23+,24-,25+,26+,29+,30-/m1/s1. The van der Waals surface area contributed by atoms with Crippen molar-refractivity contribution in [2.75, 3.05) is 20.1 Å². The lowest BCUT2D eigenvalue weighted by Crippen LogP contribution is -2.53. The molecule has 5 fully saturated rings. The van der Waals surface area contributed by atoms with Gasteiger partial charge in [-0.2, -0.15) is 0 Å². The summed E-state index contributed by atoms with van der Waals surface area (Å²) in [5.74, 6) is 3.74. The second kappa shape index (κ2) is 9.39. The van der Waals surface area contributed by atoms with Gasteiger partial charge in [-0.15, -0.1) is 0 Å². The predicted molar refractivity (Wildman–Crippen MR) is 143 cm³/mol. The second-order valence-corrected chi connectivity index (χ2v) is 14.5. The molecular weight excluding hydrogens is 450 g/mol. The molecule has 1 amide bonds. The van der Waals surface area contributed by atoms with E-state index >= 15 is 0 Å². The third kappa shape index (κ3) is 4.54. The van der Waals surface area contributed by atoms with Crippen molar-refractivity contribution in [3.8, 4) is 0 Å². The van der Waals surface area contributed by atoms with Gasteiger partial charge in [-0.1, -0.05) is 32.9 Å². The summed E-state index contributed by atoms with van der Waals surface area (Å²) in [6.07, 6.45) is 10.8. The molecule has 0 aromatic rings. The lowest BCUT2D eigenvalue weighted by molar-refractivity contribution is -0.138. The van der Waals surface area contributed by atoms with Gasteiger partial charge in [0.2, 0.25) is 0 Å². The van der Waals surface area contributed by atoms with E-state index in [-0.39, 0.29) is 16.9 Å². The number of hydrogen-bond donors (Lipinski definition) is 1. The average molecular weight is 500 g/mol. The topological polar surface area (TPSA) is 71.0 Å². The van der Waals surface area contributed by atoms with Crippen molar-refractivity contribution in [1.82, 2.24) is 10.2 Å². The van der Waals surface area contributed by atoms with E-state index in [1.807, 2.05) is 7.05 Å². The molecule has 1 N–H and O–H groups in total. The highest BCUT2D eigenvalue weighted by molar-refractivity contribution is 5.85. The molecule has 0 spiro atoms. The van der Waals surface area contributed by atoms with Gasteiger partial charge in [0.1, 0.15) is 5.78 Å². The first-order chi connectivity index (χ1) is 16.9. The Labute approximate surface area is 218 Å². The highest BCUT2D eigenvalue weighted by atomic mass is 16.7. The molecule has 1 heterocycles. The molecule has 0 bridgehead atoms. The van der Waals surface area contributed by atoms with Crippen LogP contribution in [0.5, 0.6) is 0 Å². The van der Waals surface area contributed by atoms with Crippen molar-refractivity contribution >= 4 is 17.6 Å². The van der Waals surface area contributed by atoms with E-state index in [0.717, 1.165) is 62.1 Å². The SMILES string of the molecule is C/C(=N\OC(=O)N(C)CC1CC(C)(C)CN1)[C@H]1CC[C@H]2[C@@H]3CC[C@@H]4CC(=O)CC[C@]4(C)[C@H]3CC[C@]12C. The number of oxime groups is 1. The molecule has 0 radical (unpaired) electrons. The van der Waals surface area contributed by atoms with Gasteiger partial charge >= 0.3 is 6.09 Å². The van der Waals surface area contributed by atoms with Gasteiger partial charge < -0.3 is 10.2 Å². The number of ketones is 1. The number of fused-ring (bicyclic) bond motifs is 5. The Bertz CT molecular complexity index is 915. The first-order valence-corrected chi connectivity index (χ1v) is 14.6. The van der Waals surface area contributed by atoms with Gasteiger partial charge in [-0.25, -0.2) is 4.79 Å². The Morgan fingerprint density at radius 1 is 1.06 bits per heavy atom. The van der Waals surface area contributed by atoms with Crippen LogP contribution in [0, 0.1) is 45.8 Å². The second-order valence-electron chi connectivity index (χ2n) is 14.5. The van der Waals surface area contributed by atoms with Crippen LogP contribution in [0.1, 0.15) is 98.8 Å². The van der Waals surface area contributed by atoms with Crippen molar-refractivity contribution in [3.05, 3.63) is 0 Å². The van der Waals surface area contributed by atoms with Gasteiger partial charge in [0.25, 0.3) is 0 Å². The van der Waals surface area contributed by atoms with Gasteiger partial charge in [0.15, 0.2) is 0 Å². The largest absolute Gasteiger partial charge is 0.435 e. The molecule has 4 saturated carbocycles. The van der Waals surface area contributed by atoms with E-state index in [9.17, 15) is 9.59 Å². The summed E-state index contributed by atoms with van der Waals surface area (Å²) in [5.41, 5.74) is 1.86. The van der Waals surface area contributed by atoms with E-state index < -0.39 is 0 Å². The number of carbonyl (C=O) groups is 2. The van der Waals surface area contributed by atoms with Crippen molar-refractivity contribution in [2.24, 2.45) is 51.0 Å². The monoisotopic (exact) mass is 499 g/mol. The number of nitrogens with one attached hydrogen (secondary N) is 1. The summed E-state index contributed by atoms with van der Waals surface area (Å²) < 4.78 is 0. The van der Waals surface area contributed by atoms with Crippen LogP contribution in [-0.4, -0.2) is 48.7 Å². The van der Waals surface area contributed by atoms with Crippen molar-refractivity contribution < 1.29 is 14.4 Å². The highest BCUT2D eigenvalue weighted by Gasteiger charge is 2.60. The summed E-state index contributed by atoms with van der Waals surface area (Å²) in [6.45, 7) is 13.2. The fraction of sp³-hybridized carbons (Fsp3) is 0.900. The van der Waals surface area contributed by atoms with Crippen molar-refractivity contribution in [3.63, 3.8) is 0 Å². The molecule has 4 aliphatic carbocycles. The molecule has 202 valence electrons. The molecule has 8 atom stereocenters. The van der Waals surface area contributed by atoms with Gasteiger partial charge in [-0.05, 0) is 98.2 Å². The zero-order valence-electron chi connectivity index (χ0n) is 23.6. The van der Waals surface area contributed by atoms with Crippen LogP contribution in [0.25, 0.3) is 0 Å². The number of hydrogen-bond acceptors (Lipinski definition) is 5. The Morgan fingerprint density at radius 2 is 1.81 bits per heavy atom. The van der Waals surface area contributed by atoms with Crippen LogP contribution >= 0.6 is 0 Å². The summed E-state index contributed by atoms with van der Waals surface area (Å²) in [7, 11) is 1.81. The Balaban J connectivity index is 1.21. The smallest absolute Gasteiger partial charge is 0.312 e. The van der Waals surface area contributed by atoms with Crippen molar-refractivity contribution in [2.45, 2.75) is 105 Å². The maximum absolute atomic E-state index is 12.7. The molecule has 6 heteroatoms. The molecule has 0 aromatic carbocycles. The minimum absolute atomic E-state index is 0.236. The summed E-state index contributed by atoms with van der Waals surface area (Å²) in [5, 5.41) is 7.95. The van der Waals surface area contributed by atoms with E-state index in [4.69, 9.17) is 4.84 Å². The molecule has 0 aromatic heterocycles. The van der Waals surface area contributed by atoms with E-state index in [0.29, 0.717) is 35.6 Å². The number of carbonyl (C=O) groups excluding carboxylic acids is 2. The van der Waals surface area contributed by atoms with Gasteiger partial charge in [-0.3, -0.25) is 9.63 Å². The number of amides is 1. The molecule has 5 rings (SSSR count). The lowest BCUT2D eigenvalue weighted by Gasteiger charge is -2.60. The maximum atomic E-state index is 12.7. The predicted octanol–water partition coefficient (Wildman–Crippen LogP) is 6.05. The van der Waals surface area contributed by atoms with Crippen LogP contribution in [0.4, 0.5) is 4.79 Å². The normalized spacial score (nSPS) is 43.9. The fourth-order valence-electron chi connectivity index (χ4n) is 9.74. The van der Waals surface area contributed by atoms with E-state index in [2.05, 4.69) is 45.1 Å². The average Bonchev–Trinajstić information content (AvgIpc) is 3.35. The first-order valence-electron chi connectivity index (χ1n) is 14.6. The fourth-order valence-corrected chi connectivity index (χ4v) is 9.74. The van der Waals surface area contributed by atoms with Crippen LogP contribution < -0.4 is 5.32 Å². The minimum atomic E-state index is -0.359. The Morgan fingerprint density at radius 3 is 2.53 bits per heavy atom. The molecular formula is C30H49N3O3. The van der Waals surface area contributed by atoms with Gasteiger partial charge in [0.05, 0.1) is 5.71 Å². The zero-order chi connectivity index (χ0) is 25.9. The zero-order valence-corrected chi connectivity index (χ0v) is 23.6. The van der Waals surface area contributed by atoms with Crippen LogP contribution in [0.2, 0.25) is 0 Å². The van der Waals surface area contributed by atoms with Crippen LogP contribution in [0.3, 0.4) is 0 Å². The number of nitrogens with zero attached hydrogens (tertiary/aromatic N) is 2. The number of rotatable bonds is 4. The van der Waals surface area contributed by atoms with Gasteiger partial charge in [0, 0.05) is 44.9 Å². The summed E-state index contributed by atoms with van der Waals surface area (Å²) in [6, 6.07) is 0.312. The highest BCUT2D eigenvalue weighted by Crippen LogP contribution is 2.67. The summed E-state index contributed by atoms with van der Waals surface area (Å²) in [4.78, 5) is 32.0. The van der Waals surface area contributed by atoms with Crippen molar-refractivity contribution in [1.29, 1.82) is 0 Å². The Kier molecular flexibility index (Phi) is 6.83. The molecule has 1 unspecified atom stereocenters. The molecule has 1 saturated heterocycles. The molecule has 6 nitrogen and oxygen atoms in total. The maximum Gasteiger partial charge on any atom is 0.435 e.